The van der Waals surface area contributed by atoms with Crippen LogP contribution in [0.3, 0.4) is 0 Å². The van der Waals surface area contributed by atoms with E-state index in [2.05, 4.69) is 14.7 Å². The molecule has 0 saturated heterocycles. The van der Waals surface area contributed by atoms with Crippen LogP contribution in [0.25, 0.3) is 11.4 Å². The minimum atomic E-state index is -2.85. The summed E-state index contributed by atoms with van der Waals surface area (Å²) in [6, 6.07) is 6.11. The molecule has 0 saturated carbocycles. The van der Waals surface area contributed by atoms with Crippen LogP contribution in [0.4, 0.5) is 8.78 Å². The zero-order chi connectivity index (χ0) is 14.8. The highest BCUT2D eigenvalue weighted by atomic mass is 19.3. The molecule has 0 radical (unpaired) electrons. The summed E-state index contributed by atoms with van der Waals surface area (Å²) >= 11 is 0. The van der Waals surface area contributed by atoms with Gasteiger partial charge in [0.05, 0.1) is 11.3 Å². The van der Waals surface area contributed by atoms with Crippen LogP contribution in [0.15, 0.2) is 30.5 Å². The number of carbonyl (C=O) groups excluding carboxylic acids is 1. The van der Waals surface area contributed by atoms with Gasteiger partial charge in [-0.25, -0.2) is 9.97 Å². The van der Waals surface area contributed by atoms with E-state index in [1.807, 2.05) is 0 Å². The van der Waals surface area contributed by atoms with Crippen LogP contribution in [0, 0.1) is 0 Å². The maximum Gasteiger partial charge on any atom is 0.387 e. The number of carbonyl (C=O) groups is 1. The molecule has 1 aliphatic rings. The molecule has 1 aromatic carbocycles. The number of aromatic nitrogens is 2. The predicted molar refractivity (Wildman–Crippen MR) is 71.4 cm³/mol. The van der Waals surface area contributed by atoms with Crippen LogP contribution in [0.5, 0.6) is 5.75 Å². The van der Waals surface area contributed by atoms with Crippen LogP contribution in [0.1, 0.15) is 28.9 Å². The zero-order valence-electron chi connectivity index (χ0n) is 11.1. The lowest BCUT2D eigenvalue weighted by Gasteiger charge is -2.14. The molecule has 0 aliphatic heterocycles. The highest BCUT2D eigenvalue weighted by Gasteiger charge is 2.19. The molecular weight excluding hydrogens is 278 g/mol. The summed E-state index contributed by atoms with van der Waals surface area (Å²) in [6.45, 7) is -2.85. The van der Waals surface area contributed by atoms with Gasteiger partial charge in [-0.05, 0) is 37.1 Å². The van der Waals surface area contributed by atoms with Crippen LogP contribution >= 0.6 is 0 Å². The first-order valence-corrected chi connectivity index (χ1v) is 6.58. The minimum Gasteiger partial charge on any atom is -0.435 e. The topological polar surface area (TPSA) is 52.1 Å². The third-order valence-corrected chi connectivity index (χ3v) is 3.32. The van der Waals surface area contributed by atoms with E-state index in [1.54, 1.807) is 18.3 Å². The molecule has 0 atom stereocenters. The highest BCUT2D eigenvalue weighted by Crippen LogP contribution is 2.24. The Balaban J connectivity index is 1.88. The standard InChI is InChI=1S/C15H12F2N2O2/c16-15(17)21-10-6-4-9(5-7-10)14-18-8-11-12(19-14)2-1-3-13(11)20/h4-8,15H,1-3H2. The molecule has 0 fully saturated rings. The second-order valence-electron chi connectivity index (χ2n) is 4.73. The summed E-state index contributed by atoms with van der Waals surface area (Å²) < 4.78 is 28.5. The third kappa shape index (κ3) is 2.89. The normalized spacial score (nSPS) is 14.1. The van der Waals surface area contributed by atoms with Gasteiger partial charge in [0, 0.05) is 18.2 Å². The Bertz CT molecular complexity index is 672. The summed E-state index contributed by atoms with van der Waals surface area (Å²) in [5.74, 6) is 0.636. The Hall–Kier alpha value is -2.37. The Labute approximate surface area is 119 Å². The molecule has 2 aromatic rings. The zero-order valence-corrected chi connectivity index (χ0v) is 11.1. The maximum absolute atomic E-state index is 12.1. The lowest BCUT2D eigenvalue weighted by molar-refractivity contribution is -0.0498. The van der Waals surface area contributed by atoms with Crippen molar-refractivity contribution in [2.45, 2.75) is 25.9 Å². The summed E-state index contributed by atoms with van der Waals surface area (Å²) in [4.78, 5) is 20.3. The van der Waals surface area contributed by atoms with Gasteiger partial charge >= 0.3 is 6.61 Å². The van der Waals surface area contributed by atoms with Crippen molar-refractivity contribution in [2.75, 3.05) is 0 Å². The fourth-order valence-electron chi connectivity index (χ4n) is 2.32. The highest BCUT2D eigenvalue weighted by molar-refractivity contribution is 5.97. The lowest BCUT2D eigenvalue weighted by Crippen LogP contribution is -2.13. The average Bonchev–Trinajstić information content (AvgIpc) is 2.47. The largest absolute Gasteiger partial charge is 0.435 e. The van der Waals surface area contributed by atoms with E-state index in [9.17, 15) is 13.6 Å². The molecule has 0 unspecified atom stereocenters. The Morgan fingerprint density at radius 2 is 1.90 bits per heavy atom. The van der Waals surface area contributed by atoms with E-state index in [1.165, 1.54) is 12.1 Å². The molecule has 6 heteroatoms. The van der Waals surface area contributed by atoms with Crippen molar-refractivity contribution in [1.29, 1.82) is 0 Å². The first-order chi connectivity index (χ1) is 10.1. The lowest BCUT2D eigenvalue weighted by atomic mass is 9.96. The van der Waals surface area contributed by atoms with Gasteiger partial charge in [0.2, 0.25) is 0 Å². The number of halogens is 2. The van der Waals surface area contributed by atoms with Crippen molar-refractivity contribution in [3.63, 3.8) is 0 Å². The smallest absolute Gasteiger partial charge is 0.387 e. The molecule has 21 heavy (non-hydrogen) atoms. The van der Waals surface area contributed by atoms with Crippen LogP contribution in [-0.2, 0) is 6.42 Å². The number of ether oxygens (including phenoxy) is 1. The van der Waals surface area contributed by atoms with Crippen LogP contribution < -0.4 is 4.74 Å². The molecule has 1 aliphatic carbocycles. The second-order valence-corrected chi connectivity index (χ2v) is 4.73. The monoisotopic (exact) mass is 290 g/mol. The summed E-state index contributed by atoms with van der Waals surface area (Å²) in [5, 5.41) is 0. The first kappa shape index (κ1) is 13.6. The van der Waals surface area contributed by atoms with Crippen molar-refractivity contribution < 1.29 is 18.3 Å². The van der Waals surface area contributed by atoms with Gasteiger partial charge in [0.25, 0.3) is 0 Å². The van der Waals surface area contributed by atoms with Crippen LogP contribution in [-0.4, -0.2) is 22.4 Å². The minimum absolute atomic E-state index is 0.0727. The fraction of sp³-hybridized carbons (Fsp3) is 0.267. The number of ketones is 1. The molecular formula is C15H12F2N2O2. The van der Waals surface area contributed by atoms with Gasteiger partial charge in [-0.1, -0.05) is 0 Å². The average molecular weight is 290 g/mol. The number of benzene rings is 1. The van der Waals surface area contributed by atoms with Gasteiger partial charge in [0.1, 0.15) is 5.75 Å². The number of nitrogens with zero attached hydrogens (tertiary/aromatic N) is 2. The Morgan fingerprint density at radius 3 is 2.62 bits per heavy atom. The molecule has 4 nitrogen and oxygen atoms in total. The molecule has 0 bridgehead atoms. The quantitative estimate of drug-likeness (QED) is 0.870. The van der Waals surface area contributed by atoms with Gasteiger partial charge in [0.15, 0.2) is 11.6 Å². The summed E-state index contributed by atoms with van der Waals surface area (Å²) in [7, 11) is 0. The predicted octanol–water partition coefficient (Wildman–Crippen LogP) is 3.26. The molecule has 1 heterocycles. The van der Waals surface area contributed by atoms with Crippen LogP contribution in [0.2, 0.25) is 0 Å². The van der Waals surface area contributed by atoms with Crippen molar-refractivity contribution >= 4 is 5.78 Å². The van der Waals surface area contributed by atoms with Gasteiger partial charge in [-0.15, -0.1) is 0 Å². The van der Waals surface area contributed by atoms with E-state index < -0.39 is 6.61 Å². The van der Waals surface area contributed by atoms with Gasteiger partial charge < -0.3 is 4.74 Å². The van der Waals surface area contributed by atoms with Crippen molar-refractivity contribution in [3.05, 3.63) is 41.7 Å². The van der Waals surface area contributed by atoms with Crippen molar-refractivity contribution in [3.8, 4) is 17.1 Å². The summed E-state index contributed by atoms with van der Waals surface area (Å²) in [6.07, 6.45) is 3.63. The summed E-state index contributed by atoms with van der Waals surface area (Å²) in [5.41, 5.74) is 2.03. The van der Waals surface area contributed by atoms with Crippen molar-refractivity contribution in [2.24, 2.45) is 0 Å². The molecule has 0 N–H and O–H groups in total. The number of hydrogen-bond acceptors (Lipinski definition) is 4. The fourth-order valence-corrected chi connectivity index (χ4v) is 2.32. The first-order valence-electron chi connectivity index (χ1n) is 6.58. The number of hydrogen-bond donors (Lipinski definition) is 0. The van der Waals surface area contributed by atoms with Gasteiger partial charge in [-0.2, -0.15) is 8.78 Å². The molecule has 0 amide bonds. The van der Waals surface area contributed by atoms with Crippen molar-refractivity contribution in [1.82, 2.24) is 9.97 Å². The number of aryl methyl sites for hydroxylation is 1. The van der Waals surface area contributed by atoms with E-state index in [0.29, 0.717) is 23.4 Å². The maximum atomic E-state index is 12.1. The number of rotatable bonds is 3. The molecule has 1 aromatic heterocycles. The molecule has 108 valence electrons. The molecule has 3 rings (SSSR count). The number of alkyl halides is 2. The second kappa shape index (κ2) is 5.55. The van der Waals surface area contributed by atoms with E-state index in [-0.39, 0.29) is 11.5 Å². The number of fused-ring (bicyclic) bond motifs is 1. The Kier molecular flexibility index (Phi) is 3.60. The van der Waals surface area contributed by atoms with E-state index in [0.717, 1.165) is 18.5 Å². The number of Topliss-reactive ketones (excluding diaryl/α,β-unsaturated/α-hetero) is 1. The van der Waals surface area contributed by atoms with Gasteiger partial charge in [-0.3, -0.25) is 4.79 Å². The van der Waals surface area contributed by atoms with E-state index in [4.69, 9.17) is 0 Å². The Morgan fingerprint density at radius 1 is 1.14 bits per heavy atom. The molecule has 0 spiro atoms. The SMILES string of the molecule is O=C1CCCc2nc(-c3ccc(OC(F)F)cc3)ncc21. The van der Waals surface area contributed by atoms with E-state index >= 15 is 0 Å². The third-order valence-electron chi connectivity index (χ3n) is 3.32.